The van der Waals surface area contributed by atoms with Crippen molar-refractivity contribution in [3.8, 4) is 11.5 Å². The molecule has 0 fully saturated rings. The van der Waals surface area contributed by atoms with Gasteiger partial charge in [0.1, 0.15) is 11.5 Å². The summed E-state index contributed by atoms with van der Waals surface area (Å²) in [5.74, 6) is 0.192. The van der Waals surface area contributed by atoms with Gasteiger partial charge in [0.05, 0.1) is 24.8 Å². The van der Waals surface area contributed by atoms with E-state index in [-0.39, 0.29) is 0 Å². The van der Waals surface area contributed by atoms with Gasteiger partial charge in [-0.25, -0.2) is 9.59 Å². The van der Waals surface area contributed by atoms with Gasteiger partial charge >= 0.3 is 11.9 Å². The molecule has 0 aliphatic heterocycles. The maximum atomic E-state index is 12.2. The molecule has 5 heteroatoms. The fourth-order valence-electron chi connectivity index (χ4n) is 2.35. The monoisotopic (exact) mass is 356 g/mol. The SMILES string of the molecule is CCCCCCOc1ccc(C(=O)Oc2ccc(C(=O)OC)cc2)cc1. The first-order chi connectivity index (χ1) is 12.6. The van der Waals surface area contributed by atoms with Crippen LogP contribution >= 0.6 is 0 Å². The second-order valence-electron chi connectivity index (χ2n) is 5.84. The van der Waals surface area contributed by atoms with Crippen LogP contribution in [-0.4, -0.2) is 25.7 Å². The second-order valence-corrected chi connectivity index (χ2v) is 5.84. The molecule has 0 bridgehead atoms. The Labute approximate surface area is 153 Å². The predicted molar refractivity (Wildman–Crippen MR) is 98.8 cm³/mol. The molecule has 2 aromatic carbocycles. The Morgan fingerprint density at radius 3 is 1.92 bits per heavy atom. The molecule has 0 saturated heterocycles. The van der Waals surface area contributed by atoms with E-state index in [0.29, 0.717) is 23.5 Å². The Bertz CT molecular complexity index is 704. The van der Waals surface area contributed by atoms with Gasteiger partial charge in [-0.05, 0) is 55.0 Å². The van der Waals surface area contributed by atoms with E-state index in [1.54, 1.807) is 48.5 Å². The van der Waals surface area contributed by atoms with Crippen molar-refractivity contribution in [2.45, 2.75) is 32.6 Å². The first-order valence-corrected chi connectivity index (χ1v) is 8.77. The molecular formula is C21H24O5. The van der Waals surface area contributed by atoms with E-state index in [0.717, 1.165) is 18.6 Å². The van der Waals surface area contributed by atoms with Crippen LogP contribution in [0.15, 0.2) is 48.5 Å². The Balaban J connectivity index is 1.86. The number of hydrogen-bond acceptors (Lipinski definition) is 5. The quantitative estimate of drug-likeness (QED) is 0.372. The first-order valence-electron chi connectivity index (χ1n) is 8.77. The van der Waals surface area contributed by atoms with E-state index in [1.807, 2.05) is 0 Å². The molecule has 0 aliphatic carbocycles. The van der Waals surface area contributed by atoms with E-state index in [1.165, 1.54) is 20.0 Å². The zero-order valence-electron chi connectivity index (χ0n) is 15.2. The Morgan fingerprint density at radius 2 is 1.35 bits per heavy atom. The largest absolute Gasteiger partial charge is 0.494 e. The number of ether oxygens (including phenoxy) is 3. The van der Waals surface area contributed by atoms with Crippen LogP contribution < -0.4 is 9.47 Å². The van der Waals surface area contributed by atoms with Crippen molar-refractivity contribution >= 4 is 11.9 Å². The lowest BCUT2D eigenvalue weighted by atomic mass is 10.2. The lowest BCUT2D eigenvalue weighted by molar-refractivity contribution is 0.0600. The molecule has 0 N–H and O–H groups in total. The highest BCUT2D eigenvalue weighted by Crippen LogP contribution is 2.17. The Morgan fingerprint density at radius 1 is 0.769 bits per heavy atom. The average Bonchev–Trinajstić information content (AvgIpc) is 2.68. The molecule has 2 rings (SSSR count). The van der Waals surface area contributed by atoms with Gasteiger partial charge in [0.25, 0.3) is 0 Å². The normalized spacial score (nSPS) is 10.2. The molecule has 5 nitrogen and oxygen atoms in total. The molecule has 0 aromatic heterocycles. The van der Waals surface area contributed by atoms with Crippen LogP contribution in [0.25, 0.3) is 0 Å². The topological polar surface area (TPSA) is 61.8 Å². The summed E-state index contributed by atoms with van der Waals surface area (Å²) >= 11 is 0. The minimum Gasteiger partial charge on any atom is -0.494 e. The molecule has 0 atom stereocenters. The van der Waals surface area contributed by atoms with Crippen molar-refractivity contribution in [2.75, 3.05) is 13.7 Å². The van der Waals surface area contributed by atoms with Gasteiger partial charge in [-0.2, -0.15) is 0 Å². The standard InChI is InChI=1S/C21H24O5/c1-3-4-5-6-15-25-18-11-7-17(8-12-18)21(23)26-19-13-9-16(10-14-19)20(22)24-2/h7-14H,3-6,15H2,1-2H3. The van der Waals surface area contributed by atoms with Gasteiger partial charge in [-0.1, -0.05) is 26.2 Å². The molecule has 0 unspecified atom stereocenters. The number of esters is 2. The van der Waals surface area contributed by atoms with Gasteiger partial charge in [0, 0.05) is 0 Å². The molecule has 0 radical (unpaired) electrons. The molecule has 0 aliphatic rings. The predicted octanol–water partition coefficient (Wildman–Crippen LogP) is 4.65. The molecule has 0 spiro atoms. The van der Waals surface area contributed by atoms with Crippen molar-refractivity contribution in [2.24, 2.45) is 0 Å². The highest BCUT2D eigenvalue weighted by molar-refractivity contribution is 5.92. The van der Waals surface area contributed by atoms with E-state index < -0.39 is 11.9 Å². The lowest BCUT2D eigenvalue weighted by Crippen LogP contribution is -2.09. The Hall–Kier alpha value is -2.82. The second kappa shape index (κ2) is 10.2. The van der Waals surface area contributed by atoms with Crippen LogP contribution in [0.5, 0.6) is 11.5 Å². The van der Waals surface area contributed by atoms with Crippen molar-refractivity contribution in [3.05, 3.63) is 59.7 Å². The fourth-order valence-corrected chi connectivity index (χ4v) is 2.35. The first kappa shape index (κ1) is 19.5. The van der Waals surface area contributed by atoms with Crippen LogP contribution in [0.4, 0.5) is 0 Å². The summed E-state index contributed by atoms with van der Waals surface area (Å²) in [6.07, 6.45) is 4.60. The van der Waals surface area contributed by atoms with Crippen LogP contribution in [0.3, 0.4) is 0 Å². The van der Waals surface area contributed by atoms with Gasteiger partial charge in [-0.15, -0.1) is 0 Å². The molecular weight excluding hydrogens is 332 g/mol. The number of rotatable bonds is 9. The summed E-state index contributed by atoms with van der Waals surface area (Å²) in [5, 5.41) is 0. The van der Waals surface area contributed by atoms with Crippen LogP contribution in [0, 0.1) is 0 Å². The number of unbranched alkanes of at least 4 members (excludes halogenated alkanes) is 3. The van der Waals surface area contributed by atoms with Gasteiger partial charge in [-0.3, -0.25) is 0 Å². The summed E-state index contributed by atoms with van der Waals surface area (Å²) in [6.45, 7) is 2.85. The highest BCUT2D eigenvalue weighted by atomic mass is 16.5. The summed E-state index contributed by atoms with van der Waals surface area (Å²) in [4.78, 5) is 23.6. The van der Waals surface area contributed by atoms with Crippen LogP contribution in [0.2, 0.25) is 0 Å². The van der Waals surface area contributed by atoms with E-state index in [4.69, 9.17) is 9.47 Å². The molecule has 0 saturated carbocycles. The van der Waals surface area contributed by atoms with Crippen molar-refractivity contribution in [1.82, 2.24) is 0 Å². The van der Waals surface area contributed by atoms with E-state index >= 15 is 0 Å². The third-order valence-corrected chi connectivity index (χ3v) is 3.84. The van der Waals surface area contributed by atoms with Crippen LogP contribution in [0.1, 0.15) is 53.3 Å². The minimum atomic E-state index is -0.467. The zero-order chi connectivity index (χ0) is 18.8. The van der Waals surface area contributed by atoms with Gasteiger partial charge in [0.15, 0.2) is 0 Å². The summed E-state index contributed by atoms with van der Waals surface area (Å²) < 4.78 is 15.6. The average molecular weight is 356 g/mol. The molecule has 0 amide bonds. The zero-order valence-corrected chi connectivity index (χ0v) is 15.2. The minimum absolute atomic E-state index is 0.360. The highest BCUT2D eigenvalue weighted by Gasteiger charge is 2.10. The van der Waals surface area contributed by atoms with E-state index in [2.05, 4.69) is 11.7 Å². The Kier molecular flexibility index (Phi) is 7.68. The number of benzene rings is 2. The van der Waals surface area contributed by atoms with Gasteiger partial charge in [0.2, 0.25) is 0 Å². The fraction of sp³-hybridized carbons (Fsp3) is 0.333. The third kappa shape index (κ3) is 5.92. The van der Waals surface area contributed by atoms with E-state index in [9.17, 15) is 9.59 Å². The summed E-state index contributed by atoms with van der Waals surface area (Å²) in [7, 11) is 1.31. The molecule has 26 heavy (non-hydrogen) atoms. The number of methoxy groups -OCH3 is 1. The van der Waals surface area contributed by atoms with Crippen molar-refractivity contribution in [1.29, 1.82) is 0 Å². The molecule has 138 valence electrons. The third-order valence-electron chi connectivity index (χ3n) is 3.84. The number of hydrogen-bond donors (Lipinski definition) is 0. The maximum Gasteiger partial charge on any atom is 0.343 e. The summed E-state index contributed by atoms with van der Waals surface area (Å²) in [5.41, 5.74) is 0.827. The summed E-state index contributed by atoms with van der Waals surface area (Å²) in [6, 6.07) is 13.1. The van der Waals surface area contributed by atoms with Crippen molar-refractivity contribution in [3.63, 3.8) is 0 Å². The molecule has 0 heterocycles. The van der Waals surface area contributed by atoms with Crippen LogP contribution in [-0.2, 0) is 4.74 Å². The number of carbonyl (C=O) groups excluding carboxylic acids is 2. The molecule has 2 aromatic rings. The number of carbonyl (C=O) groups is 2. The van der Waals surface area contributed by atoms with Gasteiger partial charge < -0.3 is 14.2 Å². The smallest absolute Gasteiger partial charge is 0.343 e. The van der Waals surface area contributed by atoms with Crippen molar-refractivity contribution < 1.29 is 23.8 Å². The maximum absolute atomic E-state index is 12.2. The lowest BCUT2D eigenvalue weighted by Gasteiger charge is -2.08.